The molecule has 0 bridgehead atoms. The highest BCUT2D eigenvalue weighted by molar-refractivity contribution is 5.90. The Morgan fingerprint density at radius 2 is 1.85 bits per heavy atom. The molecular formula is C26H32N4O3. The van der Waals surface area contributed by atoms with Crippen molar-refractivity contribution < 1.29 is 14.3 Å². The average Bonchev–Trinajstić information content (AvgIpc) is 3.56. The topological polar surface area (TPSA) is 73.9 Å². The van der Waals surface area contributed by atoms with Crippen molar-refractivity contribution >= 4 is 17.6 Å². The lowest BCUT2D eigenvalue weighted by Gasteiger charge is -2.50. The summed E-state index contributed by atoms with van der Waals surface area (Å²) in [5.41, 5.74) is 1.77. The van der Waals surface area contributed by atoms with Gasteiger partial charge in [0, 0.05) is 56.4 Å². The molecular weight excluding hydrogens is 416 g/mol. The summed E-state index contributed by atoms with van der Waals surface area (Å²) in [5.74, 6) is 1.40. The van der Waals surface area contributed by atoms with E-state index in [1.807, 2.05) is 29.2 Å². The first-order valence-electron chi connectivity index (χ1n) is 11.8. The number of nitrogens with one attached hydrogen (secondary N) is 2. The second-order valence-electron chi connectivity index (χ2n) is 9.78. The molecule has 1 spiro atoms. The predicted molar refractivity (Wildman–Crippen MR) is 127 cm³/mol. The van der Waals surface area contributed by atoms with E-state index >= 15 is 0 Å². The number of carbonyl (C=O) groups excluding carboxylic acids is 2. The fourth-order valence-electron chi connectivity index (χ4n) is 5.17. The lowest BCUT2D eigenvalue weighted by atomic mass is 9.71. The average molecular weight is 449 g/mol. The van der Waals surface area contributed by atoms with Gasteiger partial charge in [-0.3, -0.25) is 9.69 Å². The number of urea groups is 1. The standard InChI is InChI=1S/C26H32N4O3/c1-33-22-9-5-8-21(12-22)28-25(32)30-17-26(18-30)16-29(14-20-6-3-2-4-7-20)15-23(26)24(31)27-13-19-10-11-19/h2-9,12,19,23H,10-11,13-18H2,1H3,(H,27,31)(H,28,32). The van der Waals surface area contributed by atoms with E-state index in [4.69, 9.17) is 4.74 Å². The highest BCUT2D eigenvalue weighted by Crippen LogP contribution is 2.45. The number of benzene rings is 2. The first kappa shape index (κ1) is 21.8. The first-order valence-corrected chi connectivity index (χ1v) is 11.8. The third kappa shape index (κ3) is 4.83. The Balaban J connectivity index is 1.24. The Hall–Kier alpha value is -3.06. The second kappa shape index (κ2) is 9.06. The van der Waals surface area contributed by atoms with Crippen LogP contribution in [-0.2, 0) is 11.3 Å². The van der Waals surface area contributed by atoms with Gasteiger partial charge in [-0.2, -0.15) is 0 Å². The van der Waals surface area contributed by atoms with Crippen LogP contribution in [0.5, 0.6) is 5.75 Å². The molecule has 0 aromatic heterocycles. The number of ether oxygens (including phenoxy) is 1. The minimum atomic E-state index is -0.186. The third-order valence-corrected chi connectivity index (χ3v) is 7.17. The van der Waals surface area contributed by atoms with Crippen LogP contribution in [0.2, 0.25) is 0 Å². The van der Waals surface area contributed by atoms with Crippen molar-refractivity contribution in [2.75, 3.05) is 45.2 Å². The molecule has 174 valence electrons. The van der Waals surface area contributed by atoms with Gasteiger partial charge >= 0.3 is 6.03 Å². The first-order chi connectivity index (χ1) is 16.0. The SMILES string of the molecule is COc1cccc(NC(=O)N2CC3(CN(Cc4ccccc4)CC3C(=O)NCC3CC3)C2)c1. The van der Waals surface area contributed by atoms with E-state index in [0.29, 0.717) is 30.4 Å². The summed E-state index contributed by atoms with van der Waals surface area (Å²) < 4.78 is 5.24. The van der Waals surface area contributed by atoms with E-state index in [9.17, 15) is 9.59 Å². The van der Waals surface area contributed by atoms with Crippen LogP contribution in [0.3, 0.4) is 0 Å². The number of rotatable bonds is 7. The van der Waals surface area contributed by atoms with Gasteiger partial charge in [-0.05, 0) is 36.5 Å². The van der Waals surface area contributed by atoms with Crippen LogP contribution in [-0.4, -0.2) is 61.6 Å². The Morgan fingerprint density at radius 1 is 1.06 bits per heavy atom. The third-order valence-electron chi connectivity index (χ3n) is 7.17. The van der Waals surface area contributed by atoms with Crippen molar-refractivity contribution in [2.45, 2.75) is 19.4 Å². The Morgan fingerprint density at radius 3 is 2.58 bits per heavy atom. The van der Waals surface area contributed by atoms with Crippen molar-refractivity contribution in [1.82, 2.24) is 15.1 Å². The normalized spacial score (nSPS) is 21.5. The lowest BCUT2D eigenvalue weighted by Crippen LogP contribution is -2.64. The molecule has 1 unspecified atom stereocenters. The summed E-state index contributed by atoms with van der Waals surface area (Å²) in [6, 6.07) is 17.6. The lowest BCUT2D eigenvalue weighted by molar-refractivity contribution is -0.131. The van der Waals surface area contributed by atoms with Crippen molar-refractivity contribution in [3.63, 3.8) is 0 Å². The number of likely N-dealkylation sites (tertiary alicyclic amines) is 2. The molecule has 5 rings (SSSR count). The summed E-state index contributed by atoms with van der Waals surface area (Å²) in [4.78, 5) is 30.2. The Labute approximate surface area is 195 Å². The number of anilines is 1. The van der Waals surface area contributed by atoms with Crippen LogP contribution in [0.15, 0.2) is 54.6 Å². The summed E-state index contributed by atoms with van der Waals surface area (Å²) in [6.07, 6.45) is 2.43. The number of methoxy groups -OCH3 is 1. The molecule has 3 fully saturated rings. The zero-order valence-electron chi connectivity index (χ0n) is 19.1. The fourth-order valence-corrected chi connectivity index (χ4v) is 5.17. The van der Waals surface area contributed by atoms with Gasteiger partial charge < -0.3 is 20.3 Å². The van der Waals surface area contributed by atoms with Crippen molar-refractivity contribution in [3.05, 3.63) is 60.2 Å². The van der Waals surface area contributed by atoms with E-state index < -0.39 is 0 Å². The maximum atomic E-state index is 13.2. The van der Waals surface area contributed by atoms with E-state index in [2.05, 4.69) is 39.8 Å². The van der Waals surface area contributed by atoms with Crippen LogP contribution < -0.4 is 15.4 Å². The van der Waals surface area contributed by atoms with Crippen LogP contribution in [0, 0.1) is 17.3 Å². The molecule has 7 heteroatoms. The maximum Gasteiger partial charge on any atom is 0.321 e. The van der Waals surface area contributed by atoms with Gasteiger partial charge in [-0.15, -0.1) is 0 Å². The van der Waals surface area contributed by atoms with E-state index in [1.165, 1.54) is 18.4 Å². The Kier molecular flexibility index (Phi) is 5.98. The molecule has 3 amide bonds. The number of hydrogen-bond acceptors (Lipinski definition) is 4. The molecule has 2 aromatic carbocycles. The van der Waals surface area contributed by atoms with E-state index in [-0.39, 0.29) is 23.3 Å². The summed E-state index contributed by atoms with van der Waals surface area (Å²) in [7, 11) is 1.61. The van der Waals surface area contributed by atoms with Crippen molar-refractivity contribution in [3.8, 4) is 5.75 Å². The van der Waals surface area contributed by atoms with Crippen molar-refractivity contribution in [1.29, 1.82) is 0 Å². The predicted octanol–water partition coefficient (Wildman–Crippen LogP) is 3.19. The maximum absolute atomic E-state index is 13.2. The van der Waals surface area contributed by atoms with Gasteiger partial charge in [0.2, 0.25) is 5.91 Å². The van der Waals surface area contributed by atoms with Gasteiger partial charge in [-0.1, -0.05) is 36.4 Å². The zero-order valence-corrected chi connectivity index (χ0v) is 19.1. The molecule has 33 heavy (non-hydrogen) atoms. The van der Waals surface area contributed by atoms with Gasteiger partial charge in [-0.25, -0.2) is 4.79 Å². The molecule has 1 saturated carbocycles. The molecule has 3 aliphatic rings. The molecule has 2 heterocycles. The van der Waals surface area contributed by atoms with Gasteiger partial charge in [0.1, 0.15) is 5.75 Å². The van der Waals surface area contributed by atoms with Gasteiger partial charge in [0.15, 0.2) is 0 Å². The molecule has 2 saturated heterocycles. The number of hydrogen-bond donors (Lipinski definition) is 2. The summed E-state index contributed by atoms with van der Waals surface area (Å²) in [6.45, 7) is 4.35. The van der Waals surface area contributed by atoms with E-state index in [1.54, 1.807) is 13.2 Å². The number of nitrogens with zero attached hydrogens (tertiary/aromatic N) is 2. The molecule has 1 aliphatic carbocycles. The monoisotopic (exact) mass is 448 g/mol. The van der Waals surface area contributed by atoms with E-state index in [0.717, 1.165) is 26.2 Å². The van der Waals surface area contributed by atoms with Crippen LogP contribution in [0.1, 0.15) is 18.4 Å². The Bertz CT molecular complexity index is 1000. The quantitative estimate of drug-likeness (QED) is 0.682. The van der Waals surface area contributed by atoms with Crippen LogP contribution in [0.4, 0.5) is 10.5 Å². The highest BCUT2D eigenvalue weighted by atomic mass is 16.5. The molecule has 2 aromatic rings. The smallest absolute Gasteiger partial charge is 0.321 e. The van der Waals surface area contributed by atoms with Crippen LogP contribution >= 0.6 is 0 Å². The highest BCUT2D eigenvalue weighted by Gasteiger charge is 2.57. The molecule has 2 aliphatic heterocycles. The van der Waals surface area contributed by atoms with Gasteiger partial charge in [0.25, 0.3) is 0 Å². The van der Waals surface area contributed by atoms with Crippen LogP contribution in [0.25, 0.3) is 0 Å². The second-order valence-corrected chi connectivity index (χ2v) is 9.78. The summed E-state index contributed by atoms with van der Waals surface area (Å²) >= 11 is 0. The molecule has 2 N–H and O–H groups in total. The van der Waals surface area contributed by atoms with Gasteiger partial charge in [0.05, 0.1) is 13.0 Å². The molecule has 7 nitrogen and oxygen atoms in total. The molecule has 0 radical (unpaired) electrons. The van der Waals surface area contributed by atoms with Crippen molar-refractivity contribution in [2.24, 2.45) is 17.3 Å². The largest absolute Gasteiger partial charge is 0.497 e. The minimum Gasteiger partial charge on any atom is -0.497 e. The number of carbonyl (C=O) groups is 2. The summed E-state index contributed by atoms with van der Waals surface area (Å²) in [5, 5.41) is 6.15. The molecule has 1 atom stereocenters. The minimum absolute atomic E-state index is 0.0965. The fraction of sp³-hybridized carbons (Fsp3) is 0.462. The zero-order chi connectivity index (χ0) is 22.8. The number of amides is 3.